The van der Waals surface area contributed by atoms with Crippen LogP contribution in [0.2, 0.25) is 0 Å². The molecule has 5 heteroatoms. The van der Waals surface area contributed by atoms with E-state index in [0.29, 0.717) is 5.69 Å². The summed E-state index contributed by atoms with van der Waals surface area (Å²) in [5.41, 5.74) is 1.73. The number of aldehydes is 1. The minimum absolute atomic E-state index is 0.672. The fourth-order valence-corrected chi connectivity index (χ4v) is 3.81. The van der Waals surface area contributed by atoms with Crippen molar-refractivity contribution in [3.8, 4) is 0 Å². The Morgan fingerprint density at radius 2 is 2.14 bits per heavy atom. The van der Waals surface area contributed by atoms with Crippen molar-refractivity contribution in [3.63, 3.8) is 0 Å². The van der Waals surface area contributed by atoms with Crippen LogP contribution in [0, 0.1) is 0 Å². The molecule has 0 unspecified atom stereocenters. The number of carbonyl (C=O) groups excluding carboxylic acids is 1. The summed E-state index contributed by atoms with van der Waals surface area (Å²) in [5.74, 6) is 0. The van der Waals surface area contributed by atoms with Gasteiger partial charge in [0.1, 0.15) is 5.69 Å². The van der Waals surface area contributed by atoms with Gasteiger partial charge in [-0.3, -0.25) is 8.77 Å². The third-order valence-electron chi connectivity index (χ3n) is 1.98. The van der Waals surface area contributed by atoms with Crippen molar-refractivity contribution in [1.29, 1.82) is 0 Å². The maximum absolute atomic E-state index is 10.9. The number of nitrogens with zero attached hydrogens (tertiary/aromatic N) is 1. The molecule has 14 heavy (non-hydrogen) atoms. The van der Waals surface area contributed by atoms with Gasteiger partial charge in [0.15, 0.2) is 6.29 Å². The average molecular weight is 382 g/mol. The summed E-state index contributed by atoms with van der Waals surface area (Å²) in [6, 6.07) is 7.92. The van der Waals surface area contributed by atoms with Crippen molar-refractivity contribution in [3.05, 3.63) is 34.4 Å². The average Bonchev–Trinajstić information content (AvgIpc) is 2.51. The second-order valence-electron chi connectivity index (χ2n) is 2.70. The van der Waals surface area contributed by atoms with Crippen LogP contribution in [0.3, 0.4) is 0 Å². The summed E-state index contributed by atoms with van der Waals surface area (Å²) < 4.78 is 2.78. The third-order valence-corrected chi connectivity index (χ3v) is 4.53. The Kier molecular flexibility index (Phi) is 3.18. The summed E-state index contributed by atoms with van der Waals surface area (Å²) >= 11 is 5.60. The van der Waals surface area contributed by atoms with Gasteiger partial charge in [-0.25, -0.2) is 0 Å². The van der Waals surface area contributed by atoms with E-state index in [1.54, 1.807) is 0 Å². The lowest BCUT2D eigenvalue weighted by Gasteiger charge is -1.98. The topological polar surface area (TPSA) is 22.0 Å². The second kappa shape index (κ2) is 4.24. The standard InChI is InChI=1S/C9H5BrINOS/c10-9-6-3-1-2-4-7(6)12(14-11)8(9)5-13/h1-5H. The Bertz CT molecular complexity index is 497. The molecule has 1 heterocycles. The number of benzene rings is 1. The van der Waals surface area contributed by atoms with Crippen LogP contribution in [0.5, 0.6) is 0 Å². The minimum atomic E-state index is 0.672. The minimum Gasteiger partial charge on any atom is -0.296 e. The fraction of sp³-hybridized carbons (Fsp3) is 0. The van der Waals surface area contributed by atoms with E-state index < -0.39 is 0 Å². The zero-order chi connectivity index (χ0) is 10.1. The molecule has 2 nitrogen and oxygen atoms in total. The summed E-state index contributed by atoms with van der Waals surface area (Å²) in [5, 5.41) is 1.07. The predicted octanol–water partition coefficient (Wildman–Crippen LogP) is 4.06. The lowest BCUT2D eigenvalue weighted by Crippen LogP contribution is -1.89. The molecule has 0 spiro atoms. The van der Waals surface area contributed by atoms with Crippen molar-refractivity contribution in [2.24, 2.45) is 0 Å². The first-order valence-corrected chi connectivity index (χ1v) is 7.93. The van der Waals surface area contributed by atoms with Gasteiger partial charge in [0.25, 0.3) is 0 Å². The van der Waals surface area contributed by atoms with Gasteiger partial charge in [-0.15, -0.1) is 0 Å². The molecule has 0 bridgehead atoms. The molecule has 0 aliphatic carbocycles. The molecule has 72 valence electrons. The van der Waals surface area contributed by atoms with Gasteiger partial charge in [-0.2, -0.15) is 0 Å². The van der Waals surface area contributed by atoms with E-state index in [0.717, 1.165) is 21.7 Å². The van der Waals surface area contributed by atoms with E-state index in [1.807, 2.05) is 28.2 Å². The fourth-order valence-electron chi connectivity index (χ4n) is 1.37. The van der Waals surface area contributed by atoms with Crippen LogP contribution in [0.15, 0.2) is 28.7 Å². The molecular formula is C9H5BrINOS. The molecule has 1 aromatic heterocycles. The maximum Gasteiger partial charge on any atom is 0.168 e. The van der Waals surface area contributed by atoms with Crippen LogP contribution in [0.25, 0.3) is 10.9 Å². The molecule has 0 radical (unpaired) electrons. The van der Waals surface area contributed by atoms with Gasteiger partial charge in [-0.05, 0) is 22.0 Å². The zero-order valence-corrected chi connectivity index (χ0v) is 11.5. The predicted molar refractivity (Wildman–Crippen MR) is 72.0 cm³/mol. The lowest BCUT2D eigenvalue weighted by molar-refractivity contribution is 0.111. The van der Waals surface area contributed by atoms with E-state index in [2.05, 4.69) is 37.1 Å². The summed E-state index contributed by atoms with van der Waals surface area (Å²) in [6.07, 6.45) is 0.871. The Hall–Kier alpha value is -0.0100. The summed E-state index contributed by atoms with van der Waals surface area (Å²) in [6.45, 7) is 0. The van der Waals surface area contributed by atoms with Gasteiger partial charge in [0, 0.05) is 35.7 Å². The van der Waals surface area contributed by atoms with Crippen molar-refractivity contribution >= 4 is 63.4 Å². The number of para-hydroxylation sites is 1. The molecule has 0 amide bonds. The molecular weight excluding hydrogens is 377 g/mol. The molecule has 2 rings (SSSR count). The Morgan fingerprint density at radius 1 is 1.43 bits per heavy atom. The first-order chi connectivity index (χ1) is 6.79. The molecule has 0 fully saturated rings. The molecule has 0 atom stereocenters. The van der Waals surface area contributed by atoms with Crippen molar-refractivity contribution in [2.75, 3.05) is 0 Å². The highest BCUT2D eigenvalue weighted by molar-refractivity contribution is 14.2. The van der Waals surface area contributed by atoms with Crippen molar-refractivity contribution < 1.29 is 4.79 Å². The van der Waals surface area contributed by atoms with E-state index in [1.165, 1.54) is 9.12 Å². The van der Waals surface area contributed by atoms with Gasteiger partial charge < -0.3 is 0 Å². The number of rotatable bonds is 2. The number of carbonyl (C=O) groups is 1. The second-order valence-corrected chi connectivity index (χ2v) is 5.18. The van der Waals surface area contributed by atoms with Crippen LogP contribution >= 0.6 is 46.3 Å². The normalized spacial score (nSPS) is 10.7. The van der Waals surface area contributed by atoms with Gasteiger partial charge in [0.2, 0.25) is 0 Å². The van der Waals surface area contributed by atoms with Gasteiger partial charge >= 0.3 is 0 Å². The smallest absolute Gasteiger partial charge is 0.168 e. The number of hydrogen-bond acceptors (Lipinski definition) is 2. The third kappa shape index (κ3) is 1.51. The van der Waals surface area contributed by atoms with E-state index in [4.69, 9.17) is 0 Å². The Balaban J connectivity index is 2.91. The van der Waals surface area contributed by atoms with Crippen LogP contribution in [0.1, 0.15) is 10.5 Å². The SMILES string of the molecule is O=Cc1c(Br)c2ccccc2n1SI. The molecule has 1 aromatic carbocycles. The Labute approximate surface area is 106 Å². The van der Waals surface area contributed by atoms with Crippen LogP contribution < -0.4 is 0 Å². The van der Waals surface area contributed by atoms with Crippen molar-refractivity contribution in [2.45, 2.75) is 0 Å². The number of fused-ring (bicyclic) bond motifs is 1. The maximum atomic E-state index is 10.9. The lowest BCUT2D eigenvalue weighted by atomic mass is 10.2. The summed E-state index contributed by atoms with van der Waals surface area (Å²) in [4.78, 5) is 10.9. The molecule has 0 aliphatic heterocycles. The number of halogens is 2. The molecule has 2 aromatic rings. The monoisotopic (exact) mass is 381 g/mol. The van der Waals surface area contributed by atoms with Gasteiger partial charge in [-0.1, -0.05) is 18.2 Å². The first-order valence-electron chi connectivity index (χ1n) is 3.82. The quantitative estimate of drug-likeness (QED) is 0.578. The number of aromatic nitrogens is 1. The first kappa shape index (κ1) is 10.5. The molecule has 0 aliphatic rings. The van der Waals surface area contributed by atoms with Crippen LogP contribution in [0.4, 0.5) is 0 Å². The van der Waals surface area contributed by atoms with Crippen molar-refractivity contribution in [1.82, 2.24) is 3.97 Å². The van der Waals surface area contributed by atoms with Gasteiger partial charge in [0.05, 0.1) is 9.99 Å². The van der Waals surface area contributed by atoms with E-state index >= 15 is 0 Å². The Morgan fingerprint density at radius 3 is 2.79 bits per heavy atom. The highest BCUT2D eigenvalue weighted by atomic mass is 127. The largest absolute Gasteiger partial charge is 0.296 e. The number of hydrogen-bond donors (Lipinski definition) is 0. The molecule has 0 N–H and O–H groups in total. The highest BCUT2D eigenvalue weighted by Gasteiger charge is 2.13. The summed E-state index contributed by atoms with van der Waals surface area (Å²) in [7, 11) is 1.50. The highest BCUT2D eigenvalue weighted by Crippen LogP contribution is 2.34. The molecule has 0 saturated heterocycles. The van der Waals surface area contributed by atoms with Crippen LogP contribution in [-0.2, 0) is 0 Å². The zero-order valence-electron chi connectivity index (χ0n) is 6.91. The van der Waals surface area contributed by atoms with E-state index in [9.17, 15) is 4.79 Å². The van der Waals surface area contributed by atoms with E-state index in [-0.39, 0.29) is 0 Å². The van der Waals surface area contributed by atoms with Crippen LogP contribution in [-0.4, -0.2) is 10.3 Å². The molecule has 0 saturated carbocycles.